The topological polar surface area (TPSA) is 42.7 Å². The molecule has 0 atom stereocenters. The molecule has 2 aromatic rings. The lowest BCUT2D eigenvalue weighted by molar-refractivity contribution is 0.574. The molecular formula is C13H18N4S. The molecule has 0 aliphatic rings. The van der Waals surface area contributed by atoms with Crippen LogP contribution in [0.1, 0.15) is 19.2 Å². The molecule has 0 saturated heterocycles. The van der Waals surface area contributed by atoms with E-state index in [0.29, 0.717) is 6.54 Å². The summed E-state index contributed by atoms with van der Waals surface area (Å²) in [6.45, 7) is 3.76. The first-order chi connectivity index (χ1) is 8.85. The number of hydrogen-bond acceptors (Lipinski definition) is 4. The van der Waals surface area contributed by atoms with Crippen molar-refractivity contribution in [3.63, 3.8) is 0 Å². The second-order valence-corrected chi connectivity index (χ2v) is 4.80. The van der Waals surface area contributed by atoms with E-state index >= 15 is 0 Å². The zero-order chi connectivity index (χ0) is 12.8. The molecule has 0 aliphatic heterocycles. The second kappa shape index (κ2) is 6.44. The fourth-order valence-electron chi connectivity index (χ4n) is 1.79. The Morgan fingerprint density at radius 1 is 1.33 bits per heavy atom. The van der Waals surface area contributed by atoms with Crippen molar-refractivity contribution in [2.45, 2.75) is 31.3 Å². The maximum Gasteiger partial charge on any atom is 0.146 e. The van der Waals surface area contributed by atoms with Crippen LogP contribution in [0.15, 0.2) is 35.5 Å². The Morgan fingerprint density at radius 3 is 2.94 bits per heavy atom. The summed E-state index contributed by atoms with van der Waals surface area (Å²) in [5, 5.41) is 7.64. The van der Waals surface area contributed by atoms with Crippen LogP contribution < -0.4 is 5.32 Å². The van der Waals surface area contributed by atoms with Crippen molar-refractivity contribution < 1.29 is 0 Å². The smallest absolute Gasteiger partial charge is 0.146 e. The molecule has 4 nitrogen and oxygen atoms in total. The van der Waals surface area contributed by atoms with Gasteiger partial charge in [-0.3, -0.25) is 0 Å². The third kappa shape index (κ3) is 3.04. The molecule has 0 radical (unpaired) electrons. The molecule has 0 spiro atoms. The van der Waals surface area contributed by atoms with E-state index in [-0.39, 0.29) is 0 Å². The van der Waals surface area contributed by atoms with Gasteiger partial charge in [-0.25, -0.2) is 9.67 Å². The summed E-state index contributed by atoms with van der Waals surface area (Å²) in [4.78, 5) is 5.54. The van der Waals surface area contributed by atoms with Crippen LogP contribution in [0.4, 0.5) is 5.69 Å². The zero-order valence-corrected chi connectivity index (χ0v) is 11.6. The van der Waals surface area contributed by atoms with Crippen LogP contribution in [0.5, 0.6) is 0 Å². The average Bonchev–Trinajstić information content (AvgIpc) is 2.84. The van der Waals surface area contributed by atoms with Gasteiger partial charge in [0, 0.05) is 17.1 Å². The first-order valence-corrected chi connectivity index (χ1v) is 7.31. The van der Waals surface area contributed by atoms with Crippen LogP contribution in [-0.4, -0.2) is 21.0 Å². The van der Waals surface area contributed by atoms with Crippen LogP contribution in [0.25, 0.3) is 0 Å². The minimum atomic E-state index is 0.706. The Hall–Kier alpha value is -1.49. The van der Waals surface area contributed by atoms with Gasteiger partial charge in [0.15, 0.2) is 0 Å². The fraction of sp³-hybridized carbons (Fsp3) is 0.385. The number of rotatable bonds is 6. The summed E-state index contributed by atoms with van der Waals surface area (Å²) < 4.78 is 1.95. The van der Waals surface area contributed by atoms with E-state index in [9.17, 15) is 0 Å². The Morgan fingerprint density at radius 2 is 2.17 bits per heavy atom. The van der Waals surface area contributed by atoms with Gasteiger partial charge in [-0.1, -0.05) is 19.1 Å². The van der Waals surface area contributed by atoms with Gasteiger partial charge in [0.25, 0.3) is 0 Å². The molecule has 1 heterocycles. The molecule has 0 aliphatic carbocycles. The van der Waals surface area contributed by atoms with Crippen molar-refractivity contribution in [3.05, 3.63) is 36.4 Å². The Bertz CT molecular complexity index is 495. The summed E-state index contributed by atoms with van der Waals surface area (Å²) in [6, 6.07) is 8.30. The van der Waals surface area contributed by atoms with Crippen molar-refractivity contribution in [1.29, 1.82) is 0 Å². The molecule has 18 heavy (non-hydrogen) atoms. The van der Waals surface area contributed by atoms with Crippen molar-refractivity contribution in [1.82, 2.24) is 14.8 Å². The van der Waals surface area contributed by atoms with Crippen molar-refractivity contribution in [2.75, 3.05) is 11.6 Å². The fourth-order valence-corrected chi connectivity index (χ4v) is 2.36. The maximum atomic E-state index is 4.29. The van der Waals surface area contributed by atoms with Crippen LogP contribution in [-0.2, 0) is 13.1 Å². The standard InChI is InChI=1S/C13H18N4S/c1-3-8-17-13(15-10-16-17)9-14-11-6-4-5-7-12(11)18-2/h4-7,10,14H,3,8-9H2,1-2H3. The highest BCUT2D eigenvalue weighted by Gasteiger charge is 2.05. The highest BCUT2D eigenvalue weighted by molar-refractivity contribution is 7.98. The monoisotopic (exact) mass is 262 g/mol. The predicted octanol–water partition coefficient (Wildman–Crippen LogP) is 3.02. The molecule has 0 saturated carbocycles. The van der Waals surface area contributed by atoms with Crippen molar-refractivity contribution >= 4 is 17.4 Å². The summed E-state index contributed by atoms with van der Waals surface area (Å²) in [7, 11) is 0. The van der Waals surface area contributed by atoms with Gasteiger partial charge in [-0.15, -0.1) is 11.8 Å². The van der Waals surface area contributed by atoms with Crippen LogP contribution >= 0.6 is 11.8 Å². The molecular weight excluding hydrogens is 244 g/mol. The molecule has 0 unspecified atom stereocenters. The number of nitrogens with one attached hydrogen (secondary N) is 1. The first kappa shape index (κ1) is 13.0. The molecule has 1 aromatic carbocycles. The Kier molecular flexibility index (Phi) is 4.64. The summed E-state index contributed by atoms with van der Waals surface area (Å²) in [5.41, 5.74) is 1.15. The van der Waals surface area contributed by atoms with Gasteiger partial charge in [0.1, 0.15) is 12.2 Å². The minimum absolute atomic E-state index is 0.706. The minimum Gasteiger partial charge on any atom is -0.377 e. The quantitative estimate of drug-likeness (QED) is 0.813. The highest BCUT2D eigenvalue weighted by atomic mass is 32.2. The van der Waals surface area contributed by atoms with Crippen LogP contribution in [0.2, 0.25) is 0 Å². The highest BCUT2D eigenvalue weighted by Crippen LogP contribution is 2.24. The summed E-state index contributed by atoms with van der Waals surface area (Å²) in [6.07, 6.45) is 4.77. The predicted molar refractivity (Wildman–Crippen MR) is 75.9 cm³/mol. The van der Waals surface area contributed by atoms with Gasteiger partial charge in [-0.05, 0) is 24.8 Å². The summed E-state index contributed by atoms with van der Waals surface area (Å²) >= 11 is 1.74. The van der Waals surface area contributed by atoms with Gasteiger partial charge in [0.2, 0.25) is 0 Å². The largest absolute Gasteiger partial charge is 0.377 e. The third-order valence-corrected chi connectivity index (χ3v) is 3.47. The average molecular weight is 262 g/mol. The number of aryl methyl sites for hydroxylation is 1. The van der Waals surface area contributed by atoms with Crippen molar-refractivity contribution in [3.8, 4) is 0 Å². The van der Waals surface area contributed by atoms with E-state index in [4.69, 9.17) is 0 Å². The number of aromatic nitrogens is 3. The maximum absolute atomic E-state index is 4.29. The van der Waals surface area contributed by atoms with Gasteiger partial charge in [0.05, 0.1) is 6.54 Å². The van der Waals surface area contributed by atoms with E-state index in [2.05, 4.69) is 46.8 Å². The zero-order valence-electron chi connectivity index (χ0n) is 10.8. The second-order valence-electron chi connectivity index (χ2n) is 3.95. The summed E-state index contributed by atoms with van der Waals surface area (Å²) in [5.74, 6) is 0.979. The molecule has 1 N–H and O–H groups in total. The van der Waals surface area contributed by atoms with E-state index in [1.807, 2.05) is 10.7 Å². The molecule has 0 amide bonds. The van der Waals surface area contributed by atoms with Gasteiger partial charge >= 0.3 is 0 Å². The Balaban J connectivity index is 2.04. The van der Waals surface area contributed by atoms with E-state index in [1.165, 1.54) is 4.90 Å². The molecule has 5 heteroatoms. The molecule has 96 valence electrons. The van der Waals surface area contributed by atoms with E-state index in [0.717, 1.165) is 24.5 Å². The number of para-hydroxylation sites is 1. The lowest BCUT2D eigenvalue weighted by atomic mass is 10.3. The van der Waals surface area contributed by atoms with Gasteiger partial charge < -0.3 is 5.32 Å². The van der Waals surface area contributed by atoms with Crippen molar-refractivity contribution in [2.24, 2.45) is 0 Å². The van der Waals surface area contributed by atoms with Crippen LogP contribution in [0, 0.1) is 0 Å². The van der Waals surface area contributed by atoms with E-state index in [1.54, 1.807) is 18.1 Å². The number of hydrogen-bond donors (Lipinski definition) is 1. The first-order valence-electron chi connectivity index (χ1n) is 6.08. The Labute approximate surface area is 112 Å². The number of nitrogens with zero attached hydrogens (tertiary/aromatic N) is 3. The number of anilines is 1. The molecule has 0 fully saturated rings. The lowest BCUT2D eigenvalue weighted by Crippen LogP contribution is -2.10. The van der Waals surface area contributed by atoms with Crippen LogP contribution in [0.3, 0.4) is 0 Å². The normalized spacial score (nSPS) is 10.6. The SMILES string of the molecule is CCCn1ncnc1CNc1ccccc1SC. The molecule has 1 aromatic heterocycles. The molecule has 0 bridgehead atoms. The lowest BCUT2D eigenvalue weighted by Gasteiger charge is -2.10. The number of benzene rings is 1. The number of thioether (sulfide) groups is 1. The van der Waals surface area contributed by atoms with Gasteiger partial charge in [-0.2, -0.15) is 5.10 Å². The molecule has 2 rings (SSSR count). The third-order valence-electron chi connectivity index (χ3n) is 2.68. The van der Waals surface area contributed by atoms with E-state index < -0.39 is 0 Å².